The summed E-state index contributed by atoms with van der Waals surface area (Å²) in [6, 6.07) is 10.7. The molecule has 0 saturated heterocycles. The van der Waals surface area contributed by atoms with Crippen molar-refractivity contribution < 1.29 is 17.9 Å². The Kier molecular flexibility index (Phi) is 5.70. The largest absolute Gasteiger partial charge is 0.495 e. The van der Waals surface area contributed by atoms with Crippen LogP contribution in [0.15, 0.2) is 41.3 Å². The van der Waals surface area contributed by atoms with Crippen LogP contribution >= 0.6 is 22.3 Å². The first-order valence-corrected chi connectivity index (χ1v) is 11.1. The molecule has 0 fully saturated rings. The second-order valence-electron chi connectivity index (χ2n) is 6.46. The van der Waals surface area contributed by atoms with Gasteiger partial charge in [-0.15, -0.1) is 0 Å². The minimum Gasteiger partial charge on any atom is -0.495 e. The van der Waals surface area contributed by atoms with Crippen LogP contribution < -0.4 is 4.74 Å². The van der Waals surface area contributed by atoms with Crippen molar-refractivity contribution >= 4 is 37.2 Å². The first kappa shape index (κ1) is 20.0. The molecule has 1 atom stereocenters. The number of ether oxygens (including phenoxy) is 1. The normalized spacial score (nSPS) is 17.2. The maximum absolute atomic E-state index is 12.0. The summed E-state index contributed by atoms with van der Waals surface area (Å²) in [5.41, 5.74) is 2.73. The molecule has 1 aliphatic heterocycles. The highest BCUT2D eigenvalue weighted by Gasteiger charge is 2.29. The van der Waals surface area contributed by atoms with E-state index in [0.717, 1.165) is 16.7 Å². The van der Waals surface area contributed by atoms with Gasteiger partial charge in [0.2, 0.25) is 5.91 Å². The lowest BCUT2D eigenvalue weighted by Crippen LogP contribution is -2.33. The molecule has 3 rings (SSSR count). The molecular weight excluding hydrogens is 409 g/mol. The predicted octanol–water partition coefficient (Wildman–Crippen LogP) is 3.81. The Labute approximate surface area is 168 Å². The molecule has 2 aromatic rings. The van der Waals surface area contributed by atoms with E-state index in [1.165, 1.54) is 14.0 Å². The third kappa shape index (κ3) is 4.23. The monoisotopic (exact) mass is 427 g/mol. The molecule has 1 aliphatic rings. The number of halogens is 2. The number of methoxy groups -OCH3 is 1. The second kappa shape index (κ2) is 7.70. The number of amides is 1. The molecule has 0 spiro atoms. The van der Waals surface area contributed by atoms with Gasteiger partial charge in [0, 0.05) is 41.6 Å². The summed E-state index contributed by atoms with van der Waals surface area (Å²) in [7, 11) is 3.04. The van der Waals surface area contributed by atoms with Crippen molar-refractivity contribution in [3.63, 3.8) is 0 Å². The first-order valence-electron chi connectivity index (χ1n) is 8.37. The van der Waals surface area contributed by atoms with Crippen molar-refractivity contribution in [2.45, 2.75) is 24.2 Å². The maximum Gasteiger partial charge on any atom is 0.264 e. The summed E-state index contributed by atoms with van der Waals surface area (Å²) in [4.78, 5) is 13.8. The van der Waals surface area contributed by atoms with Crippen LogP contribution in [0, 0.1) is 0 Å². The van der Waals surface area contributed by atoms with E-state index in [1.807, 2.05) is 12.1 Å². The minimum atomic E-state index is -3.96. The van der Waals surface area contributed by atoms with Crippen molar-refractivity contribution in [3.8, 4) is 5.75 Å². The topological polar surface area (TPSA) is 63.7 Å². The van der Waals surface area contributed by atoms with Crippen molar-refractivity contribution in [2.75, 3.05) is 20.2 Å². The van der Waals surface area contributed by atoms with Gasteiger partial charge in [-0.3, -0.25) is 4.79 Å². The number of rotatable bonds is 3. The summed E-state index contributed by atoms with van der Waals surface area (Å²) in [6.45, 7) is 2.52. The molecule has 0 aromatic heterocycles. The molecule has 8 heteroatoms. The lowest BCUT2D eigenvalue weighted by atomic mass is 9.88. The fourth-order valence-electron chi connectivity index (χ4n) is 3.44. The van der Waals surface area contributed by atoms with Crippen LogP contribution in [0.4, 0.5) is 0 Å². The van der Waals surface area contributed by atoms with Crippen LogP contribution in [0.1, 0.15) is 29.5 Å². The summed E-state index contributed by atoms with van der Waals surface area (Å²) >= 11 is 6.01. The van der Waals surface area contributed by atoms with Crippen molar-refractivity contribution in [1.82, 2.24) is 4.90 Å². The number of fused-ring (bicyclic) bond motifs is 1. The number of hydrogen-bond donors (Lipinski definition) is 0. The molecule has 1 heterocycles. The molecule has 144 valence electrons. The summed E-state index contributed by atoms with van der Waals surface area (Å²) < 4.78 is 29.2. The van der Waals surface area contributed by atoms with Crippen LogP contribution in [0.5, 0.6) is 5.75 Å². The SMILES string of the molecule is COc1cc2c(cc1S(=O)(=O)Cl)CCN(C(C)=O)CC2c1ccc(Cl)cc1. The fourth-order valence-corrected chi connectivity index (χ4v) is 4.59. The van der Waals surface area contributed by atoms with E-state index < -0.39 is 9.05 Å². The molecule has 1 unspecified atom stereocenters. The van der Waals surface area contributed by atoms with Gasteiger partial charge in [0.1, 0.15) is 10.6 Å². The van der Waals surface area contributed by atoms with E-state index in [-0.39, 0.29) is 22.5 Å². The van der Waals surface area contributed by atoms with Gasteiger partial charge in [-0.1, -0.05) is 23.7 Å². The van der Waals surface area contributed by atoms with E-state index in [2.05, 4.69) is 0 Å². The zero-order valence-corrected chi connectivity index (χ0v) is 17.2. The van der Waals surface area contributed by atoms with Gasteiger partial charge >= 0.3 is 0 Å². The number of carbonyl (C=O) groups excluding carboxylic acids is 1. The van der Waals surface area contributed by atoms with E-state index >= 15 is 0 Å². The van der Waals surface area contributed by atoms with Gasteiger partial charge < -0.3 is 9.64 Å². The van der Waals surface area contributed by atoms with Gasteiger partial charge in [-0.25, -0.2) is 8.42 Å². The van der Waals surface area contributed by atoms with E-state index in [9.17, 15) is 13.2 Å². The molecule has 0 radical (unpaired) electrons. The van der Waals surface area contributed by atoms with Gasteiger partial charge in [-0.2, -0.15) is 0 Å². The van der Waals surface area contributed by atoms with E-state index in [0.29, 0.717) is 24.5 Å². The molecule has 0 aliphatic carbocycles. The van der Waals surface area contributed by atoms with Gasteiger partial charge in [-0.05, 0) is 47.4 Å². The van der Waals surface area contributed by atoms with Gasteiger partial charge in [0.25, 0.3) is 9.05 Å². The molecule has 27 heavy (non-hydrogen) atoms. The van der Waals surface area contributed by atoms with Crippen LogP contribution in [-0.2, 0) is 20.3 Å². The molecule has 5 nitrogen and oxygen atoms in total. The average Bonchev–Trinajstić information content (AvgIpc) is 2.80. The van der Waals surface area contributed by atoms with Gasteiger partial charge in [0.15, 0.2) is 0 Å². The molecule has 0 bridgehead atoms. The number of hydrogen-bond acceptors (Lipinski definition) is 4. The predicted molar refractivity (Wildman–Crippen MR) is 105 cm³/mol. The Morgan fingerprint density at radius 1 is 1.22 bits per heavy atom. The highest BCUT2D eigenvalue weighted by Crippen LogP contribution is 2.38. The van der Waals surface area contributed by atoms with Crippen LogP contribution in [-0.4, -0.2) is 39.4 Å². The van der Waals surface area contributed by atoms with Crippen molar-refractivity contribution in [2.24, 2.45) is 0 Å². The lowest BCUT2D eigenvalue weighted by Gasteiger charge is -2.25. The summed E-state index contributed by atoms with van der Waals surface area (Å²) in [6.07, 6.45) is 0.530. The van der Waals surface area contributed by atoms with Crippen molar-refractivity contribution in [1.29, 1.82) is 0 Å². The Morgan fingerprint density at radius 3 is 2.44 bits per heavy atom. The standard InChI is InChI=1S/C19H19Cl2NO4S/c1-12(23)22-8-7-14-9-19(27(21,24)25)18(26-2)10-16(14)17(11-22)13-3-5-15(20)6-4-13/h3-6,9-10,17H,7-8,11H2,1-2H3. The van der Waals surface area contributed by atoms with Crippen LogP contribution in [0.3, 0.4) is 0 Å². The number of carbonyl (C=O) groups is 1. The first-order chi connectivity index (χ1) is 12.7. The fraction of sp³-hybridized carbons (Fsp3) is 0.316. The van der Waals surface area contributed by atoms with Crippen molar-refractivity contribution in [3.05, 3.63) is 58.1 Å². The third-order valence-corrected chi connectivity index (χ3v) is 6.43. The zero-order valence-electron chi connectivity index (χ0n) is 14.9. The Hall–Kier alpha value is -1.76. The lowest BCUT2D eigenvalue weighted by molar-refractivity contribution is -0.128. The molecular formula is C19H19Cl2NO4S. The zero-order chi connectivity index (χ0) is 19.8. The van der Waals surface area contributed by atoms with Crippen LogP contribution in [0.2, 0.25) is 5.02 Å². The Bertz CT molecular complexity index is 974. The molecule has 0 N–H and O–H groups in total. The minimum absolute atomic E-state index is 0.0288. The maximum atomic E-state index is 12.0. The summed E-state index contributed by atoms with van der Waals surface area (Å²) in [5.74, 6) is 0.0301. The molecule has 0 saturated carbocycles. The highest BCUT2D eigenvalue weighted by atomic mass is 35.7. The van der Waals surface area contributed by atoms with Crippen LogP contribution in [0.25, 0.3) is 0 Å². The molecule has 2 aromatic carbocycles. The molecule has 1 amide bonds. The summed E-state index contributed by atoms with van der Waals surface area (Å²) in [5, 5.41) is 0.622. The number of nitrogens with zero attached hydrogens (tertiary/aromatic N) is 1. The van der Waals surface area contributed by atoms with E-state index in [4.69, 9.17) is 27.0 Å². The van der Waals surface area contributed by atoms with Gasteiger partial charge in [0.05, 0.1) is 7.11 Å². The quantitative estimate of drug-likeness (QED) is 0.698. The highest BCUT2D eigenvalue weighted by molar-refractivity contribution is 8.13. The Balaban J connectivity index is 2.20. The van der Waals surface area contributed by atoms with E-state index in [1.54, 1.807) is 29.2 Å². The second-order valence-corrected chi connectivity index (χ2v) is 9.43. The average molecular weight is 428 g/mol. The Morgan fingerprint density at radius 2 is 1.89 bits per heavy atom. The third-order valence-electron chi connectivity index (χ3n) is 4.84. The smallest absolute Gasteiger partial charge is 0.264 e. The number of benzene rings is 2.